The highest BCUT2D eigenvalue weighted by atomic mass is 35.5. The number of piperazine rings is 1. The van der Waals surface area contributed by atoms with Crippen LogP contribution in [0.3, 0.4) is 0 Å². The van der Waals surface area contributed by atoms with Crippen molar-refractivity contribution < 1.29 is 24.3 Å². The monoisotopic (exact) mass is 620 g/mol. The van der Waals surface area contributed by atoms with Crippen molar-refractivity contribution in [2.45, 2.75) is 25.3 Å². The molecule has 0 bridgehead atoms. The van der Waals surface area contributed by atoms with Crippen molar-refractivity contribution in [3.05, 3.63) is 106 Å². The topological polar surface area (TPSA) is 109 Å². The van der Waals surface area contributed by atoms with Crippen LogP contribution in [0.15, 0.2) is 78.9 Å². The van der Waals surface area contributed by atoms with E-state index in [0.717, 1.165) is 61.7 Å². The Bertz CT molecular complexity index is 1380. The van der Waals surface area contributed by atoms with E-state index in [9.17, 15) is 14.8 Å². The van der Waals surface area contributed by atoms with Gasteiger partial charge < -0.3 is 15.2 Å². The second-order valence-electron chi connectivity index (χ2n) is 10.7. The normalized spacial score (nSPS) is 14.8. The third-order valence-corrected chi connectivity index (χ3v) is 8.00. The third kappa shape index (κ3) is 9.82. The number of carbonyl (C=O) groups is 2. The number of rotatable bonds is 14. The SMILES string of the molecule is COC(=O)/C=C/c1cc(CCCCN(O)C(N)=O)ccc1OCCN1CCN([C@H](c2ccccc2)c2ccc(Cl)cc2)CC1. The quantitative estimate of drug-likeness (QED) is 0.0816. The molecule has 3 aromatic carbocycles. The minimum absolute atomic E-state index is 0.167. The number of primary amides is 1. The molecule has 10 heteroatoms. The lowest BCUT2D eigenvalue weighted by Crippen LogP contribution is -2.48. The van der Waals surface area contributed by atoms with Gasteiger partial charge in [0.05, 0.1) is 19.7 Å². The van der Waals surface area contributed by atoms with Gasteiger partial charge in [-0.25, -0.2) is 14.7 Å². The number of esters is 1. The minimum Gasteiger partial charge on any atom is -0.492 e. The van der Waals surface area contributed by atoms with Crippen molar-refractivity contribution in [3.63, 3.8) is 0 Å². The molecule has 0 unspecified atom stereocenters. The molecular weight excluding hydrogens is 580 g/mol. The number of unbranched alkanes of at least 4 members (excludes halogenated alkanes) is 1. The van der Waals surface area contributed by atoms with E-state index in [1.54, 1.807) is 6.08 Å². The molecule has 0 radical (unpaired) electrons. The maximum Gasteiger partial charge on any atom is 0.338 e. The summed E-state index contributed by atoms with van der Waals surface area (Å²) in [6, 6.07) is 23.9. The number of methoxy groups -OCH3 is 1. The summed E-state index contributed by atoms with van der Waals surface area (Å²) in [5, 5.41) is 10.7. The van der Waals surface area contributed by atoms with Gasteiger partial charge in [0, 0.05) is 49.4 Å². The highest BCUT2D eigenvalue weighted by Crippen LogP contribution is 2.30. The fourth-order valence-corrected chi connectivity index (χ4v) is 5.49. The molecule has 234 valence electrons. The van der Waals surface area contributed by atoms with Gasteiger partial charge in [0.25, 0.3) is 0 Å². The molecule has 1 atom stereocenters. The minimum atomic E-state index is -0.863. The highest BCUT2D eigenvalue weighted by Gasteiger charge is 2.26. The molecule has 2 amide bonds. The van der Waals surface area contributed by atoms with E-state index in [1.165, 1.54) is 24.3 Å². The Morgan fingerprint density at radius 1 is 1.00 bits per heavy atom. The number of amides is 2. The van der Waals surface area contributed by atoms with Crippen LogP contribution in [0.4, 0.5) is 4.79 Å². The fourth-order valence-electron chi connectivity index (χ4n) is 5.37. The second kappa shape index (κ2) is 16.8. The number of ether oxygens (including phenoxy) is 2. The number of hydroxylamine groups is 2. The molecule has 3 N–H and O–H groups in total. The number of benzene rings is 3. The third-order valence-electron chi connectivity index (χ3n) is 7.75. The van der Waals surface area contributed by atoms with Gasteiger partial charge in [-0.05, 0) is 66.3 Å². The predicted molar refractivity (Wildman–Crippen MR) is 172 cm³/mol. The summed E-state index contributed by atoms with van der Waals surface area (Å²) in [5.41, 5.74) is 9.39. The van der Waals surface area contributed by atoms with Crippen LogP contribution in [-0.4, -0.2) is 85.1 Å². The first kappa shape index (κ1) is 33.0. The molecule has 0 aliphatic carbocycles. The van der Waals surface area contributed by atoms with Gasteiger partial charge in [0.2, 0.25) is 0 Å². The van der Waals surface area contributed by atoms with Crippen molar-refractivity contribution in [2.75, 3.05) is 53.0 Å². The molecule has 4 rings (SSSR count). The molecule has 1 aliphatic rings. The Balaban J connectivity index is 1.32. The van der Waals surface area contributed by atoms with Crippen LogP contribution in [0.2, 0.25) is 5.02 Å². The Morgan fingerprint density at radius 3 is 2.39 bits per heavy atom. The highest BCUT2D eigenvalue weighted by molar-refractivity contribution is 6.30. The molecule has 0 saturated carbocycles. The molecule has 44 heavy (non-hydrogen) atoms. The van der Waals surface area contributed by atoms with E-state index in [4.69, 9.17) is 26.8 Å². The number of nitrogens with zero attached hydrogens (tertiary/aromatic N) is 3. The summed E-state index contributed by atoms with van der Waals surface area (Å²) >= 11 is 6.18. The summed E-state index contributed by atoms with van der Waals surface area (Å²) < 4.78 is 11.0. The molecule has 0 spiro atoms. The van der Waals surface area contributed by atoms with E-state index in [1.807, 2.05) is 36.4 Å². The van der Waals surface area contributed by atoms with E-state index in [2.05, 4.69) is 46.2 Å². The van der Waals surface area contributed by atoms with E-state index in [0.29, 0.717) is 23.8 Å². The van der Waals surface area contributed by atoms with E-state index in [-0.39, 0.29) is 12.6 Å². The zero-order chi connectivity index (χ0) is 31.3. The Kier molecular flexibility index (Phi) is 12.6. The molecule has 3 aromatic rings. The van der Waals surface area contributed by atoms with Gasteiger partial charge in [-0.2, -0.15) is 0 Å². The standard InChI is InChI=1S/C34H41ClN4O5/c1-43-32(40)17-13-29-25-26(7-5-6-18-39(42)34(36)41)10-16-31(29)44-24-23-37-19-21-38(22-20-37)33(27-8-3-2-4-9-27)28-11-14-30(35)15-12-28/h2-4,8-17,25,33,42H,5-7,18-24H2,1H3,(H2,36,41)/b17-13+/t33-/m1/s1. The van der Waals surface area contributed by atoms with Crippen molar-refractivity contribution in [1.29, 1.82) is 0 Å². The van der Waals surface area contributed by atoms with Crippen LogP contribution < -0.4 is 10.5 Å². The first-order valence-electron chi connectivity index (χ1n) is 14.9. The Morgan fingerprint density at radius 2 is 1.70 bits per heavy atom. The first-order chi connectivity index (χ1) is 21.3. The molecular formula is C34H41ClN4O5. The smallest absolute Gasteiger partial charge is 0.338 e. The predicted octanol–water partition coefficient (Wildman–Crippen LogP) is 5.40. The number of aryl methyl sites for hydroxylation is 1. The fraction of sp³-hybridized carbons (Fsp3) is 0.353. The van der Waals surface area contributed by atoms with Gasteiger partial charge in [-0.15, -0.1) is 0 Å². The average Bonchev–Trinajstić information content (AvgIpc) is 3.04. The maximum absolute atomic E-state index is 11.8. The summed E-state index contributed by atoms with van der Waals surface area (Å²) in [6.07, 6.45) is 5.16. The second-order valence-corrected chi connectivity index (χ2v) is 11.2. The number of nitrogens with two attached hydrogens (primary N) is 1. The zero-order valence-corrected chi connectivity index (χ0v) is 25.9. The van der Waals surface area contributed by atoms with E-state index >= 15 is 0 Å². The Hall–Kier alpha value is -3.89. The van der Waals surface area contributed by atoms with Crippen LogP contribution >= 0.6 is 11.6 Å². The van der Waals surface area contributed by atoms with Crippen LogP contribution in [0.5, 0.6) is 5.75 Å². The molecule has 9 nitrogen and oxygen atoms in total. The van der Waals surface area contributed by atoms with Crippen molar-refractivity contribution >= 4 is 29.7 Å². The molecule has 1 heterocycles. The number of halogens is 1. The van der Waals surface area contributed by atoms with Crippen LogP contribution in [-0.2, 0) is 16.0 Å². The number of hydrogen-bond donors (Lipinski definition) is 2. The summed E-state index contributed by atoms with van der Waals surface area (Å²) in [6.45, 7) is 5.18. The van der Waals surface area contributed by atoms with E-state index < -0.39 is 12.0 Å². The van der Waals surface area contributed by atoms with Gasteiger partial charge in [0.15, 0.2) is 0 Å². The van der Waals surface area contributed by atoms with Crippen molar-refractivity contribution in [2.24, 2.45) is 5.73 Å². The van der Waals surface area contributed by atoms with Crippen molar-refractivity contribution in [1.82, 2.24) is 14.9 Å². The molecule has 1 fully saturated rings. The lowest BCUT2D eigenvalue weighted by Gasteiger charge is -2.39. The maximum atomic E-state index is 11.8. The lowest BCUT2D eigenvalue weighted by molar-refractivity contribution is -0.134. The summed E-state index contributed by atoms with van der Waals surface area (Å²) in [5.74, 6) is 0.246. The number of hydrogen-bond acceptors (Lipinski definition) is 7. The summed E-state index contributed by atoms with van der Waals surface area (Å²) in [4.78, 5) is 27.7. The zero-order valence-electron chi connectivity index (χ0n) is 25.1. The average molecular weight is 621 g/mol. The van der Waals surface area contributed by atoms with Gasteiger partial charge in [0.1, 0.15) is 12.4 Å². The number of carbonyl (C=O) groups excluding carboxylic acids is 2. The lowest BCUT2D eigenvalue weighted by atomic mass is 9.96. The first-order valence-corrected chi connectivity index (χ1v) is 15.3. The molecule has 1 saturated heterocycles. The van der Waals surface area contributed by atoms with Gasteiger partial charge in [-0.1, -0.05) is 60.1 Å². The van der Waals surface area contributed by atoms with Gasteiger partial charge >= 0.3 is 12.0 Å². The molecule has 1 aliphatic heterocycles. The van der Waals surface area contributed by atoms with Crippen LogP contribution in [0.1, 0.15) is 41.1 Å². The van der Waals surface area contributed by atoms with Crippen molar-refractivity contribution in [3.8, 4) is 5.75 Å². The summed E-state index contributed by atoms with van der Waals surface area (Å²) in [7, 11) is 1.34. The Labute approximate surface area is 264 Å². The van der Waals surface area contributed by atoms with Crippen LogP contribution in [0.25, 0.3) is 6.08 Å². The number of urea groups is 1. The van der Waals surface area contributed by atoms with Gasteiger partial charge in [-0.3, -0.25) is 15.0 Å². The largest absolute Gasteiger partial charge is 0.492 e. The molecule has 0 aromatic heterocycles. The van der Waals surface area contributed by atoms with Crippen LogP contribution in [0, 0.1) is 0 Å².